The van der Waals surface area contributed by atoms with Crippen LogP contribution >= 0.6 is 11.8 Å². The standard InChI is InChI=1S/C21H23N3O6S2/c1-28-16-8-14(9-17(29-2)19(16)30-3)22-20(25)12-4-6-13(7-5-12)23-21-24-15-10-32(26,27)11-18(15)31-21/h4-9,15,18H,10-11H2,1-3H3,(H,22,25)(H,23,24)/t15-,18+/m0/s1. The zero-order valence-electron chi connectivity index (χ0n) is 17.7. The highest BCUT2D eigenvalue weighted by Crippen LogP contribution is 2.40. The molecule has 32 heavy (non-hydrogen) atoms. The molecule has 0 radical (unpaired) electrons. The average molecular weight is 478 g/mol. The zero-order valence-corrected chi connectivity index (χ0v) is 19.4. The number of sulfone groups is 1. The van der Waals surface area contributed by atoms with Crippen LogP contribution in [0.4, 0.5) is 11.4 Å². The Bertz CT molecular complexity index is 1140. The molecule has 170 valence electrons. The summed E-state index contributed by atoms with van der Waals surface area (Å²) in [6, 6.07) is 10.1. The highest BCUT2D eigenvalue weighted by Gasteiger charge is 2.42. The van der Waals surface area contributed by atoms with E-state index in [1.807, 2.05) is 0 Å². The molecule has 0 aliphatic carbocycles. The van der Waals surface area contributed by atoms with Crippen molar-refractivity contribution >= 4 is 44.0 Å². The number of benzene rings is 2. The van der Waals surface area contributed by atoms with Crippen LogP contribution in [0.2, 0.25) is 0 Å². The molecule has 11 heteroatoms. The Morgan fingerprint density at radius 1 is 1.00 bits per heavy atom. The maximum Gasteiger partial charge on any atom is 0.255 e. The smallest absolute Gasteiger partial charge is 0.255 e. The maximum absolute atomic E-state index is 12.7. The monoisotopic (exact) mass is 477 g/mol. The second-order valence-corrected chi connectivity index (χ2v) is 10.7. The van der Waals surface area contributed by atoms with E-state index in [2.05, 4.69) is 15.6 Å². The number of amidine groups is 1. The van der Waals surface area contributed by atoms with Crippen LogP contribution in [0.25, 0.3) is 0 Å². The molecular formula is C21H23N3O6S2. The first-order chi connectivity index (χ1) is 15.3. The molecule has 1 amide bonds. The number of carbonyl (C=O) groups is 1. The molecule has 9 nitrogen and oxygen atoms in total. The number of thioether (sulfide) groups is 1. The van der Waals surface area contributed by atoms with E-state index in [0.29, 0.717) is 33.7 Å². The van der Waals surface area contributed by atoms with Gasteiger partial charge in [-0.2, -0.15) is 0 Å². The highest BCUT2D eigenvalue weighted by atomic mass is 32.2. The van der Waals surface area contributed by atoms with Gasteiger partial charge in [0.25, 0.3) is 5.91 Å². The van der Waals surface area contributed by atoms with Crippen molar-refractivity contribution in [3.63, 3.8) is 0 Å². The predicted octanol–water partition coefficient (Wildman–Crippen LogP) is 2.65. The Morgan fingerprint density at radius 2 is 1.66 bits per heavy atom. The van der Waals surface area contributed by atoms with E-state index in [0.717, 1.165) is 5.69 Å². The van der Waals surface area contributed by atoms with Crippen molar-refractivity contribution in [3.8, 4) is 17.2 Å². The Balaban J connectivity index is 1.42. The van der Waals surface area contributed by atoms with Gasteiger partial charge in [0, 0.05) is 34.3 Å². The molecule has 2 aliphatic rings. The van der Waals surface area contributed by atoms with Crippen LogP contribution in [0.15, 0.2) is 41.4 Å². The van der Waals surface area contributed by atoms with Crippen LogP contribution in [0, 0.1) is 0 Å². The summed E-state index contributed by atoms with van der Waals surface area (Å²) in [6.07, 6.45) is 0. The third-order valence-electron chi connectivity index (χ3n) is 5.14. The van der Waals surface area contributed by atoms with Crippen molar-refractivity contribution in [2.24, 2.45) is 4.99 Å². The minimum absolute atomic E-state index is 0.0222. The van der Waals surface area contributed by atoms with Crippen molar-refractivity contribution in [3.05, 3.63) is 42.0 Å². The van der Waals surface area contributed by atoms with Gasteiger partial charge in [-0.15, -0.1) is 0 Å². The van der Waals surface area contributed by atoms with Crippen molar-refractivity contribution < 1.29 is 27.4 Å². The number of amides is 1. The van der Waals surface area contributed by atoms with Gasteiger partial charge in [0.15, 0.2) is 26.5 Å². The van der Waals surface area contributed by atoms with Gasteiger partial charge >= 0.3 is 0 Å². The number of fused-ring (bicyclic) bond motifs is 1. The first-order valence-electron chi connectivity index (χ1n) is 9.75. The number of methoxy groups -OCH3 is 3. The van der Waals surface area contributed by atoms with E-state index < -0.39 is 9.84 Å². The van der Waals surface area contributed by atoms with Gasteiger partial charge in [0.05, 0.1) is 38.9 Å². The first kappa shape index (κ1) is 22.3. The zero-order chi connectivity index (χ0) is 22.9. The molecule has 0 aromatic heterocycles. The van der Waals surface area contributed by atoms with Crippen molar-refractivity contribution in [1.29, 1.82) is 0 Å². The molecule has 0 bridgehead atoms. The van der Waals surface area contributed by atoms with Gasteiger partial charge in [-0.05, 0) is 24.3 Å². The van der Waals surface area contributed by atoms with Crippen LogP contribution in [0.5, 0.6) is 17.2 Å². The molecule has 2 N–H and O–H groups in total. The van der Waals surface area contributed by atoms with Crippen LogP contribution in [0.1, 0.15) is 10.4 Å². The van der Waals surface area contributed by atoms with Gasteiger partial charge in [0.1, 0.15) is 0 Å². The fourth-order valence-electron chi connectivity index (χ4n) is 3.60. The van der Waals surface area contributed by atoms with Crippen molar-refractivity contribution in [2.45, 2.75) is 11.3 Å². The summed E-state index contributed by atoms with van der Waals surface area (Å²) in [5.74, 6) is 1.30. The first-order valence-corrected chi connectivity index (χ1v) is 12.5. The summed E-state index contributed by atoms with van der Waals surface area (Å²) in [5.41, 5.74) is 1.74. The normalized spacial score (nSPS) is 20.8. The summed E-state index contributed by atoms with van der Waals surface area (Å²) < 4.78 is 39.3. The summed E-state index contributed by atoms with van der Waals surface area (Å²) in [7, 11) is 1.55. The Kier molecular flexibility index (Phi) is 6.20. The van der Waals surface area contributed by atoms with Crippen LogP contribution in [-0.2, 0) is 9.84 Å². The number of hydrogen-bond donors (Lipinski definition) is 2. The molecule has 2 heterocycles. The largest absolute Gasteiger partial charge is 0.493 e. The second kappa shape index (κ2) is 8.91. The number of nitrogens with one attached hydrogen (secondary N) is 2. The number of aliphatic imine (C=N–C) groups is 1. The molecule has 1 fully saturated rings. The van der Waals surface area contributed by atoms with Crippen LogP contribution in [-0.4, -0.2) is 63.6 Å². The highest BCUT2D eigenvalue weighted by molar-refractivity contribution is 8.15. The van der Waals surface area contributed by atoms with E-state index in [-0.39, 0.29) is 28.7 Å². The lowest BCUT2D eigenvalue weighted by atomic mass is 10.2. The van der Waals surface area contributed by atoms with Crippen molar-refractivity contribution in [1.82, 2.24) is 0 Å². The lowest BCUT2D eigenvalue weighted by Crippen LogP contribution is -2.13. The fraction of sp³-hybridized carbons (Fsp3) is 0.333. The molecule has 0 spiro atoms. The predicted molar refractivity (Wildman–Crippen MR) is 125 cm³/mol. The minimum atomic E-state index is -2.98. The number of nitrogens with zero attached hydrogens (tertiary/aromatic N) is 1. The van der Waals surface area contributed by atoms with Gasteiger partial charge in [-0.3, -0.25) is 9.79 Å². The summed E-state index contributed by atoms with van der Waals surface area (Å²) in [4.78, 5) is 17.2. The van der Waals surface area contributed by atoms with E-state index >= 15 is 0 Å². The van der Waals surface area contributed by atoms with Crippen LogP contribution < -0.4 is 24.8 Å². The van der Waals surface area contributed by atoms with E-state index in [9.17, 15) is 13.2 Å². The molecule has 2 aliphatic heterocycles. The Labute approximate surface area is 190 Å². The molecule has 4 rings (SSSR count). The lowest BCUT2D eigenvalue weighted by molar-refractivity contribution is 0.102. The second-order valence-electron chi connectivity index (χ2n) is 7.31. The van der Waals surface area contributed by atoms with E-state index in [4.69, 9.17) is 14.2 Å². The summed E-state index contributed by atoms with van der Waals surface area (Å²) >= 11 is 1.45. The topological polar surface area (TPSA) is 115 Å². The van der Waals surface area contributed by atoms with E-state index in [1.54, 1.807) is 36.4 Å². The van der Waals surface area contributed by atoms with Crippen molar-refractivity contribution in [2.75, 3.05) is 43.5 Å². The van der Waals surface area contributed by atoms with Gasteiger partial charge in [-0.1, -0.05) is 11.8 Å². The van der Waals surface area contributed by atoms with Crippen LogP contribution in [0.3, 0.4) is 0 Å². The van der Waals surface area contributed by atoms with E-state index in [1.165, 1.54) is 33.1 Å². The molecule has 2 atom stereocenters. The number of rotatable bonds is 6. The fourth-order valence-corrected chi connectivity index (χ4v) is 7.28. The Morgan fingerprint density at radius 3 is 2.22 bits per heavy atom. The van der Waals surface area contributed by atoms with Gasteiger partial charge in [-0.25, -0.2) is 8.42 Å². The number of carbonyl (C=O) groups excluding carboxylic acids is 1. The number of hydrogen-bond acceptors (Lipinski definition) is 9. The molecule has 2 aromatic rings. The lowest BCUT2D eigenvalue weighted by Gasteiger charge is -2.14. The summed E-state index contributed by atoms with van der Waals surface area (Å²) in [5, 5.41) is 6.70. The molecule has 1 saturated heterocycles. The molecule has 2 aromatic carbocycles. The quantitative estimate of drug-likeness (QED) is 0.653. The molecular weight excluding hydrogens is 454 g/mol. The average Bonchev–Trinajstić information content (AvgIpc) is 3.25. The van der Waals surface area contributed by atoms with Gasteiger partial charge in [0.2, 0.25) is 5.75 Å². The third-order valence-corrected chi connectivity index (χ3v) is 8.28. The van der Waals surface area contributed by atoms with Gasteiger partial charge < -0.3 is 24.8 Å². The SMILES string of the molecule is COc1cc(NC(=O)c2ccc(NC3=N[C@H]4CS(=O)(=O)C[C@H]4S3)cc2)cc(OC)c1OC. The Hall–Kier alpha value is -2.92. The number of anilines is 2. The maximum atomic E-state index is 12.7. The minimum Gasteiger partial charge on any atom is -0.493 e. The summed E-state index contributed by atoms with van der Waals surface area (Å²) in [6.45, 7) is 0. The number of ether oxygens (including phenoxy) is 3. The molecule has 0 saturated carbocycles. The third kappa shape index (κ3) is 4.63. The molecule has 0 unspecified atom stereocenters.